The van der Waals surface area contributed by atoms with Crippen molar-refractivity contribution in [3.63, 3.8) is 0 Å². The molecule has 0 spiro atoms. The number of nitrogens with two attached hydrogens (primary N) is 1. The number of hydrogen-bond donors (Lipinski definition) is 2. The van der Waals surface area contributed by atoms with E-state index in [1.165, 1.54) is 13.0 Å². The quantitative estimate of drug-likeness (QED) is 0.698. The van der Waals surface area contributed by atoms with Crippen LogP contribution in [0.3, 0.4) is 0 Å². The van der Waals surface area contributed by atoms with Crippen molar-refractivity contribution >= 4 is 5.91 Å². The van der Waals surface area contributed by atoms with Gasteiger partial charge >= 0.3 is 0 Å². The van der Waals surface area contributed by atoms with Gasteiger partial charge in [-0.15, -0.1) is 0 Å². The van der Waals surface area contributed by atoms with Gasteiger partial charge in [-0.05, 0) is 31.8 Å². The van der Waals surface area contributed by atoms with Gasteiger partial charge in [-0.1, -0.05) is 26.7 Å². The van der Waals surface area contributed by atoms with Crippen LogP contribution in [0.15, 0.2) is 0 Å². The van der Waals surface area contributed by atoms with E-state index in [2.05, 4.69) is 24.1 Å². The first kappa shape index (κ1) is 14.5. The highest BCUT2D eigenvalue weighted by atomic mass is 16.2. The Morgan fingerprint density at radius 2 is 2.29 bits per heavy atom. The first-order valence-electron chi connectivity index (χ1n) is 6.93. The molecular weight excluding hydrogens is 214 g/mol. The van der Waals surface area contributed by atoms with E-state index < -0.39 is 0 Å². The fourth-order valence-corrected chi connectivity index (χ4v) is 2.30. The third-order valence-electron chi connectivity index (χ3n) is 3.59. The summed E-state index contributed by atoms with van der Waals surface area (Å²) >= 11 is 0. The van der Waals surface area contributed by atoms with Crippen LogP contribution in [0.5, 0.6) is 0 Å². The third kappa shape index (κ3) is 5.04. The molecular formula is C13H27N3O. The molecule has 2 atom stereocenters. The highest BCUT2D eigenvalue weighted by molar-refractivity contribution is 5.81. The summed E-state index contributed by atoms with van der Waals surface area (Å²) in [5.74, 6) is 0.630. The van der Waals surface area contributed by atoms with Gasteiger partial charge in [0, 0.05) is 13.1 Å². The topological polar surface area (TPSA) is 58.4 Å². The van der Waals surface area contributed by atoms with Gasteiger partial charge in [0.2, 0.25) is 5.91 Å². The van der Waals surface area contributed by atoms with Gasteiger partial charge in [-0.25, -0.2) is 0 Å². The van der Waals surface area contributed by atoms with Crippen molar-refractivity contribution in [1.29, 1.82) is 0 Å². The lowest BCUT2D eigenvalue weighted by Gasteiger charge is -2.16. The molecule has 0 aliphatic carbocycles. The maximum Gasteiger partial charge on any atom is 0.236 e. The van der Waals surface area contributed by atoms with E-state index in [4.69, 9.17) is 5.73 Å². The summed E-state index contributed by atoms with van der Waals surface area (Å²) in [7, 11) is 0. The Kier molecular flexibility index (Phi) is 6.52. The zero-order valence-corrected chi connectivity index (χ0v) is 11.2. The van der Waals surface area contributed by atoms with Crippen LogP contribution in [0.1, 0.15) is 39.5 Å². The number of carbonyl (C=O) groups excluding carboxylic acids is 1. The molecule has 0 radical (unpaired) electrons. The maximum atomic E-state index is 11.7. The number of amides is 1. The molecule has 1 aliphatic rings. The largest absolute Gasteiger partial charge is 0.354 e. The van der Waals surface area contributed by atoms with Gasteiger partial charge in [0.25, 0.3) is 0 Å². The smallest absolute Gasteiger partial charge is 0.236 e. The molecule has 1 saturated heterocycles. The average molecular weight is 241 g/mol. The molecule has 4 heteroatoms. The van der Waals surface area contributed by atoms with Gasteiger partial charge in [-0.3, -0.25) is 4.79 Å². The van der Waals surface area contributed by atoms with Crippen molar-refractivity contribution in [2.75, 3.05) is 26.2 Å². The highest BCUT2D eigenvalue weighted by Crippen LogP contribution is 2.14. The Hall–Kier alpha value is -0.610. The van der Waals surface area contributed by atoms with E-state index in [1.807, 2.05) is 0 Å². The van der Waals surface area contributed by atoms with E-state index in [0.717, 1.165) is 38.9 Å². The summed E-state index contributed by atoms with van der Waals surface area (Å²) in [6, 6.07) is -0.321. The molecule has 1 rings (SSSR count). The van der Waals surface area contributed by atoms with E-state index in [-0.39, 0.29) is 11.9 Å². The average Bonchev–Trinajstić information content (AvgIpc) is 2.80. The molecule has 0 bridgehead atoms. The van der Waals surface area contributed by atoms with Crippen molar-refractivity contribution in [2.45, 2.75) is 45.6 Å². The van der Waals surface area contributed by atoms with Gasteiger partial charge in [-0.2, -0.15) is 0 Å². The van der Waals surface area contributed by atoms with Crippen LogP contribution in [0.4, 0.5) is 0 Å². The summed E-state index contributed by atoms with van der Waals surface area (Å²) < 4.78 is 0. The molecule has 0 aromatic carbocycles. The summed E-state index contributed by atoms with van der Waals surface area (Å²) in [5.41, 5.74) is 5.82. The molecule has 0 aromatic heterocycles. The summed E-state index contributed by atoms with van der Waals surface area (Å²) in [6.45, 7) is 8.47. The molecule has 0 aromatic rings. The standard InChI is InChI=1S/C13H27N3O/c1-3-5-6-12(14)13(17)15-9-11-7-8-16(4-2)10-11/h11-12H,3-10,14H2,1-2H3,(H,15,17)/t11?,12-/m0/s1. The molecule has 1 unspecified atom stereocenters. The number of carbonyl (C=O) groups is 1. The minimum atomic E-state index is -0.321. The Balaban J connectivity index is 2.15. The number of likely N-dealkylation sites (tertiary alicyclic amines) is 1. The van der Waals surface area contributed by atoms with Crippen LogP contribution in [0, 0.1) is 5.92 Å². The number of hydrogen-bond acceptors (Lipinski definition) is 3. The van der Waals surface area contributed by atoms with Crippen molar-refractivity contribution in [2.24, 2.45) is 11.7 Å². The zero-order valence-electron chi connectivity index (χ0n) is 11.2. The lowest BCUT2D eigenvalue weighted by molar-refractivity contribution is -0.122. The van der Waals surface area contributed by atoms with Gasteiger partial charge in [0.15, 0.2) is 0 Å². The van der Waals surface area contributed by atoms with Crippen LogP contribution >= 0.6 is 0 Å². The summed E-state index contributed by atoms with van der Waals surface area (Å²) in [6.07, 6.45) is 4.11. The van der Waals surface area contributed by atoms with E-state index in [1.54, 1.807) is 0 Å². The fourth-order valence-electron chi connectivity index (χ4n) is 2.30. The Bertz CT molecular complexity index is 233. The van der Waals surface area contributed by atoms with E-state index in [9.17, 15) is 4.79 Å². The second kappa shape index (κ2) is 7.67. The van der Waals surface area contributed by atoms with Gasteiger partial charge in [0.1, 0.15) is 0 Å². The number of unbranched alkanes of at least 4 members (excludes halogenated alkanes) is 1. The van der Waals surface area contributed by atoms with Crippen LogP contribution in [-0.2, 0) is 4.79 Å². The van der Waals surface area contributed by atoms with Crippen LogP contribution in [0.25, 0.3) is 0 Å². The second-order valence-electron chi connectivity index (χ2n) is 5.04. The highest BCUT2D eigenvalue weighted by Gasteiger charge is 2.22. The Morgan fingerprint density at radius 1 is 1.53 bits per heavy atom. The predicted molar refractivity (Wildman–Crippen MR) is 70.7 cm³/mol. The molecule has 1 fully saturated rings. The van der Waals surface area contributed by atoms with Gasteiger partial charge < -0.3 is 16.0 Å². The van der Waals surface area contributed by atoms with Crippen LogP contribution in [-0.4, -0.2) is 43.0 Å². The van der Waals surface area contributed by atoms with E-state index in [0.29, 0.717) is 5.92 Å². The van der Waals surface area contributed by atoms with Crippen molar-refractivity contribution in [1.82, 2.24) is 10.2 Å². The first-order chi connectivity index (χ1) is 8.17. The SMILES string of the molecule is CCCC[C@H](N)C(=O)NCC1CCN(CC)C1. The molecule has 17 heavy (non-hydrogen) atoms. The maximum absolute atomic E-state index is 11.7. The molecule has 100 valence electrons. The minimum absolute atomic E-state index is 0.0217. The zero-order chi connectivity index (χ0) is 12.7. The molecule has 1 amide bonds. The Morgan fingerprint density at radius 3 is 2.88 bits per heavy atom. The normalized spacial score (nSPS) is 22.6. The number of nitrogens with one attached hydrogen (secondary N) is 1. The number of nitrogens with zero attached hydrogens (tertiary/aromatic N) is 1. The van der Waals surface area contributed by atoms with Crippen molar-refractivity contribution in [3.8, 4) is 0 Å². The monoisotopic (exact) mass is 241 g/mol. The lowest BCUT2D eigenvalue weighted by Crippen LogP contribution is -2.42. The first-order valence-corrected chi connectivity index (χ1v) is 6.93. The lowest BCUT2D eigenvalue weighted by atomic mass is 10.1. The summed E-state index contributed by atoms with van der Waals surface area (Å²) in [4.78, 5) is 14.1. The van der Waals surface area contributed by atoms with E-state index >= 15 is 0 Å². The van der Waals surface area contributed by atoms with Crippen LogP contribution in [0.2, 0.25) is 0 Å². The summed E-state index contributed by atoms with van der Waals surface area (Å²) in [5, 5.41) is 2.99. The number of rotatable bonds is 7. The third-order valence-corrected chi connectivity index (χ3v) is 3.59. The van der Waals surface area contributed by atoms with Gasteiger partial charge in [0.05, 0.1) is 6.04 Å². The molecule has 1 aliphatic heterocycles. The molecule has 3 N–H and O–H groups in total. The molecule has 0 saturated carbocycles. The fraction of sp³-hybridized carbons (Fsp3) is 0.923. The Labute approximate surface area is 105 Å². The predicted octanol–water partition coefficient (Wildman–Crippen LogP) is 0.962. The second-order valence-corrected chi connectivity index (χ2v) is 5.04. The van der Waals surface area contributed by atoms with Crippen molar-refractivity contribution in [3.05, 3.63) is 0 Å². The minimum Gasteiger partial charge on any atom is -0.354 e. The van der Waals surface area contributed by atoms with Crippen molar-refractivity contribution < 1.29 is 4.79 Å². The van der Waals surface area contributed by atoms with Crippen LogP contribution < -0.4 is 11.1 Å². The molecule has 1 heterocycles. The molecule has 4 nitrogen and oxygen atoms in total.